The lowest BCUT2D eigenvalue weighted by atomic mass is 10.3. The summed E-state index contributed by atoms with van der Waals surface area (Å²) in [5.74, 6) is -1.12. The summed E-state index contributed by atoms with van der Waals surface area (Å²) in [6.45, 7) is 1.67. The van der Waals surface area contributed by atoms with Gasteiger partial charge in [0.25, 0.3) is 0 Å². The minimum absolute atomic E-state index is 0.0598. The summed E-state index contributed by atoms with van der Waals surface area (Å²) in [6.07, 6.45) is -0.418. The molecule has 0 unspecified atom stereocenters. The minimum Gasteiger partial charge on any atom is -0.481 e. The van der Waals surface area contributed by atoms with Crippen LogP contribution in [0.4, 0.5) is 0 Å². The molecule has 0 saturated heterocycles. The smallest absolute Gasteiger partial charge is 0.304 e. The van der Waals surface area contributed by atoms with Crippen LogP contribution >= 0.6 is 0 Å². The number of nitrogens with zero attached hydrogens (tertiary/aromatic N) is 1. The average molecular weight is 269 g/mol. The molecule has 1 aromatic heterocycles. The Morgan fingerprint density at radius 1 is 1.44 bits per heavy atom. The number of oxazole rings is 1. The third-order valence-electron chi connectivity index (χ3n) is 2.41. The molecular weight excluding hydrogens is 258 g/mol. The molecule has 0 spiro atoms. The number of sulfone groups is 1. The lowest BCUT2D eigenvalue weighted by molar-refractivity contribution is -0.136. The fourth-order valence-corrected chi connectivity index (χ4v) is 2.80. The van der Waals surface area contributed by atoms with Gasteiger partial charge in [0.2, 0.25) is 0 Å². The maximum absolute atomic E-state index is 11.9. The SMILES string of the molecule is Cc1nc2cc(S(=O)(=O)CCC(=O)O)ccc2o1. The first-order chi connectivity index (χ1) is 8.38. The number of rotatable bonds is 4. The van der Waals surface area contributed by atoms with Crippen LogP contribution in [-0.2, 0) is 14.6 Å². The zero-order valence-electron chi connectivity index (χ0n) is 9.58. The standard InChI is InChI=1S/C11H11NO5S/c1-7-12-9-6-8(2-3-10(9)17-7)18(15,16)5-4-11(13)14/h2-3,6H,4-5H2,1H3,(H,13,14). The Morgan fingerprint density at radius 3 is 2.83 bits per heavy atom. The van der Waals surface area contributed by atoms with Crippen molar-refractivity contribution in [3.05, 3.63) is 24.1 Å². The van der Waals surface area contributed by atoms with Gasteiger partial charge in [0, 0.05) is 6.92 Å². The highest BCUT2D eigenvalue weighted by Gasteiger charge is 2.17. The first kappa shape index (κ1) is 12.6. The van der Waals surface area contributed by atoms with Crippen LogP contribution in [0.25, 0.3) is 11.1 Å². The molecular formula is C11H11NO5S. The monoisotopic (exact) mass is 269 g/mol. The zero-order valence-corrected chi connectivity index (χ0v) is 10.4. The van der Waals surface area contributed by atoms with Gasteiger partial charge < -0.3 is 9.52 Å². The molecule has 0 fully saturated rings. The second-order valence-electron chi connectivity index (χ2n) is 3.83. The third kappa shape index (κ3) is 2.51. The van der Waals surface area contributed by atoms with E-state index in [-0.39, 0.29) is 4.90 Å². The lowest BCUT2D eigenvalue weighted by Gasteiger charge is -2.01. The van der Waals surface area contributed by atoms with E-state index < -0.39 is 28.0 Å². The van der Waals surface area contributed by atoms with Crippen LogP contribution in [0.1, 0.15) is 12.3 Å². The van der Waals surface area contributed by atoms with E-state index in [0.717, 1.165) is 0 Å². The Hall–Kier alpha value is -1.89. The fourth-order valence-electron chi connectivity index (χ4n) is 1.56. The number of hydrogen-bond donors (Lipinski definition) is 1. The van der Waals surface area contributed by atoms with Gasteiger partial charge in [-0.15, -0.1) is 0 Å². The van der Waals surface area contributed by atoms with Crippen molar-refractivity contribution in [3.63, 3.8) is 0 Å². The summed E-state index contributed by atoms with van der Waals surface area (Å²) in [4.78, 5) is 14.5. The van der Waals surface area contributed by atoms with Gasteiger partial charge in [-0.25, -0.2) is 13.4 Å². The maximum Gasteiger partial charge on any atom is 0.304 e. The molecule has 1 N–H and O–H groups in total. The molecule has 0 amide bonds. The highest BCUT2D eigenvalue weighted by Crippen LogP contribution is 2.20. The molecule has 0 bridgehead atoms. The molecule has 7 heteroatoms. The molecule has 0 atom stereocenters. The third-order valence-corrected chi connectivity index (χ3v) is 4.12. The van der Waals surface area contributed by atoms with Gasteiger partial charge in [0.15, 0.2) is 21.3 Å². The molecule has 1 heterocycles. The van der Waals surface area contributed by atoms with Crippen molar-refractivity contribution in [1.29, 1.82) is 0 Å². The summed E-state index contributed by atoms with van der Waals surface area (Å²) in [5.41, 5.74) is 0.952. The Balaban J connectivity index is 2.38. The van der Waals surface area contributed by atoms with Gasteiger partial charge in [-0.05, 0) is 18.2 Å². The molecule has 2 aromatic rings. The summed E-state index contributed by atoms with van der Waals surface area (Å²) in [5, 5.41) is 8.51. The van der Waals surface area contributed by atoms with Crippen LogP contribution in [0.2, 0.25) is 0 Å². The van der Waals surface area contributed by atoms with Gasteiger partial charge in [0.1, 0.15) is 5.52 Å². The van der Waals surface area contributed by atoms with E-state index in [1.807, 2.05) is 0 Å². The van der Waals surface area contributed by atoms with Crippen LogP contribution < -0.4 is 0 Å². The lowest BCUT2D eigenvalue weighted by Crippen LogP contribution is -2.10. The molecule has 0 aliphatic heterocycles. The van der Waals surface area contributed by atoms with Gasteiger partial charge in [-0.2, -0.15) is 0 Å². The van der Waals surface area contributed by atoms with E-state index in [1.54, 1.807) is 6.92 Å². The molecule has 0 aliphatic carbocycles. The predicted molar refractivity (Wildman–Crippen MR) is 63.1 cm³/mol. The highest BCUT2D eigenvalue weighted by atomic mass is 32.2. The number of carboxylic acid groups (broad SMARTS) is 1. The Morgan fingerprint density at radius 2 is 2.17 bits per heavy atom. The normalized spacial score (nSPS) is 11.8. The number of aryl methyl sites for hydroxylation is 1. The molecule has 0 radical (unpaired) electrons. The number of aliphatic carboxylic acids is 1. The van der Waals surface area contributed by atoms with Crippen molar-refractivity contribution in [2.75, 3.05) is 5.75 Å². The number of aromatic nitrogens is 1. The molecule has 18 heavy (non-hydrogen) atoms. The van der Waals surface area contributed by atoms with Crippen molar-refractivity contribution in [3.8, 4) is 0 Å². The highest BCUT2D eigenvalue weighted by molar-refractivity contribution is 7.91. The average Bonchev–Trinajstić information content (AvgIpc) is 2.65. The van der Waals surface area contributed by atoms with E-state index in [0.29, 0.717) is 17.0 Å². The van der Waals surface area contributed by atoms with Crippen molar-refractivity contribution in [2.45, 2.75) is 18.2 Å². The van der Waals surface area contributed by atoms with E-state index in [4.69, 9.17) is 9.52 Å². The molecule has 1 aromatic carbocycles. The number of hydrogen-bond acceptors (Lipinski definition) is 5. The Kier molecular flexibility index (Phi) is 3.08. The quantitative estimate of drug-likeness (QED) is 0.900. The van der Waals surface area contributed by atoms with Crippen LogP contribution in [0.5, 0.6) is 0 Å². The number of benzene rings is 1. The predicted octanol–water partition coefficient (Wildman–Crippen LogP) is 1.38. The minimum atomic E-state index is -3.60. The first-order valence-electron chi connectivity index (χ1n) is 5.20. The van der Waals surface area contributed by atoms with Crippen LogP contribution in [0.15, 0.2) is 27.5 Å². The van der Waals surface area contributed by atoms with Crippen molar-refractivity contribution in [1.82, 2.24) is 4.98 Å². The van der Waals surface area contributed by atoms with Gasteiger partial charge in [0.05, 0.1) is 17.1 Å². The summed E-state index contributed by atoms with van der Waals surface area (Å²) < 4.78 is 29.0. The largest absolute Gasteiger partial charge is 0.481 e. The molecule has 6 nitrogen and oxygen atoms in total. The Labute approximate surface area is 103 Å². The fraction of sp³-hybridized carbons (Fsp3) is 0.273. The van der Waals surface area contributed by atoms with Gasteiger partial charge >= 0.3 is 5.97 Å². The number of fused-ring (bicyclic) bond motifs is 1. The van der Waals surface area contributed by atoms with E-state index in [2.05, 4.69) is 4.98 Å². The zero-order chi connectivity index (χ0) is 13.3. The number of carboxylic acids is 1. The topological polar surface area (TPSA) is 97.5 Å². The summed E-state index contributed by atoms with van der Waals surface area (Å²) in [7, 11) is -3.60. The molecule has 2 rings (SSSR count). The van der Waals surface area contributed by atoms with Gasteiger partial charge in [-0.3, -0.25) is 4.79 Å². The maximum atomic E-state index is 11.9. The van der Waals surface area contributed by atoms with E-state index in [9.17, 15) is 13.2 Å². The summed E-state index contributed by atoms with van der Waals surface area (Å²) >= 11 is 0. The van der Waals surface area contributed by atoms with Crippen molar-refractivity contribution >= 4 is 26.9 Å². The molecule has 0 aliphatic rings. The van der Waals surface area contributed by atoms with Crippen LogP contribution in [-0.4, -0.2) is 30.2 Å². The molecule has 96 valence electrons. The second-order valence-corrected chi connectivity index (χ2v) is 5.93. The van der Waals surface area contributed by atoms with Crippen molar-refractivity contribution in [2.24, 2.45) is 0 Å². The first-order valence-corrected chi connectivity index (χ1v) is 6.85. The number of carbonyl (C=O) groups is 1. The Bertz CT molecular complexity index is 701. The molecule has 0 saturated carbocycles. The van der Waals surface area contributed by atoms with E-state index >= 15 is 0 Å². The van der Waals surface area contributed by atoms with Crippen molar-refractivity contribution < 1.29 is 22.7 Å². The second kappa shape index (κ2) is 4.41. The summed E-state index contributed by atoms with van der Waals surface area (Å²) in [6, 6.07) is 4.30. The van der Waals surface area contributed by atoms with E-state index in [1.165, 1.54) is 18.2 Å². The van der Waals surface area contributed by atoms with Crippen LogP contribution in [0, 0.1) is 6.92 Å². The van der Waals surface area contributed by atoms with Gasteiger partial charge in [-0.1, -0.05) is 0 Å². The van der Waals surface area contributed by atoms with Crippen LogP contribution in [0.3, 0.4) is 0 Å².